The van der Waals surface area contributed by atoms with Crippen molar-refractivity contribution in [1.29, 1.82) is 0 Å². The second kappa shape index (κ2) is 6.13. The van der Waals surface area contributed by atoms with Gasteiger partial charge in [0.1, 0.15) is 5.69 Å². The van der Waals surface area contributed by atoms with Crippen LogP contribution in [-0.4, -0.2) is 64.1 Å². The van der Waals surface area contributed by atoms with Crippen molar-refractivity contribution in [3.63, 3.8) is 0 Å². The number of hydrogen-bond acceptors (Lipinski definition) is 5. The van der Waals surface area contributed by atoms with Crippen LogP contribution in [0.15, 0.2) is 0 Å². The van der Waals surface area contributed by atoms with E-state index in [0.717, 1.165) is 5.69 Å². The fraction of sp³-hybridized carbons (Fsp3) is 0.615. The highest BCUT2D eigenvalue weighted by molar-refractivity contribution is 5.79. The van der Waals surface area contributed by atoms with Crippen molar-refractivity contribution in [2.24, 2.45) is 7.05 Å². The zero-order chi connectivity index (χ0) is 15.6. The minimum atomic E-state index is -1.06. The number of carbonyl (C=O) groups is 2. The average Bonchev–Trinajstić information content (AvgIpc) is 2.70. The van der Waals surface area contributed by atoms with Gasteiger partial charge in [0.25, 0.3) is 5.91 Å². The first-order valence-corrected chi connectivity index (χ1v) is 6.65. The number of ether oxygens (including phenoxy) is 2. The first-order chi connectivity index (χ1) is 9.90. The largest absolute Gasteiger partial charge is 0.480 e. The molecular weight excluding hydrogens is 278 g/mol. The first kappa shape index (κ1) is 15.3. The van der Waals surface area contributed by atoms with Crippen LogP contribution in [0.4, 0.5) is 0 Å². The zero-order valence-corrected chi connectivity index (χ0v) is 12.3. The van der Waals surface area contributed by atoms with Crippen molar-refractivity contribution < 1.29 is 24.2 Å². The third-order valence-corrected chi connectivity index (χ3v) is 3.48. The number of aliphatic carboxylic acids is 1. The minimum Gasteiger partial charge on any atom is -0.480 e. The van der Waals surface area contributed by atoms with E-state index >= 15 is 0 Å². The molecule has 0 radical (unpaired) electrons. The molecule has 1 amide bonds. The van der Waals surface area contributed by atoms with Crippen molar-refractivity contribution in [2.45, 2.75) is 20.0 Å². The Morgan fingerprint density at radius 3 is 2.76 bits per heavy atom. The molecule has 0 saturated carbocycles. The topological polar surface area (TPSA) is 93.9 Å². The summed E-state index contributed by atoms with van der Waals surface area (Å²) in [6.07, 6.45) is -0.968. The predicted molar refractivity (Wildman–Crippen MR) is 72.1 cm³/mol. The van der Waals surface area contributed by atoms with Gasteiger partial charge in [0.15, 0.2) is 18.5 Å². The molecule has 1 fully saturated rings. The highest BCUT2D eigenvalue weighted by Crippen LogP contribution is 2.21. The summed E-state index contributed by atoms with van der Waals surface area (Å²) in [6, 6.07) is 0. The number of rotatable bonds is 4. The molecule has 0 bridgehead atoms. The number of aromatic nitrogens is 2. The fourth-order valence-corrected chi connectivity index (χ4v) is 2.21. The van der Waals surface area contributed by atoms with Gasteiger partial charge in [0.05, 0.1) is 18.8 Å². The summed E-state index contributed by atoms with van der Waals surface area (Å²) in [6.45, 7) is 4.16. The summed E-state index contributed by atoms with van der Waals surface area (Å²) < 4.78 is 12.3. The highest BCUT2D eigenvalue weighted by atomic mass is 16.5. The fourth-order valence-electron chi connectivity index (χ4n) is 2.21. The van der Waals surface area contributed by atoms with E-state index in [0.29, 0.717) is 18.0 Å². The van der Waals surface area contributed by atoms with E-state index in [2.05, 4.69) is 5.10 Å². The molecule has 1 N–H and O–H groups in total. The van der Waals surface area contributed by atoms with Crippen molar-refractivity contribution in [3.8, 4) is 5.75 Å². The minimum absolute atomic E-state index is 0.0442. The summed E-state index contributed by atoms with van der Waals surface area (Å²) in [5.74, 6) is -0.728. The van der Waals surface area contributed by atoms with Crippen LogP contribution in [0.3, 0.4) is 0 Å². The van der Waals surface area contributed by atoms with Crippen molar-refractivity contribution in [1.82, 2.24) is 14.7 Å². The number of amides is 1. The predicted octanol–water partition coefficient (Wildman–Crippen LogP) is -0.272. The molecule has 0 aromatic carbocycles. The lowest BCUT2D eigenvalue weighted by Gasteiger charge is -2.30. The number of carboxylic acids is 1. The molecule has 1 aromatic rings. The van der Waals surface area contributed by atoms with Crippen molar-refractivity contribution >= 4 is 11.9 Å². The Labute approximate surface area is 122 Å². The molecule has 8 heteroatoms. The smallest absolute Gasteiger partial charge is 0.334 e. The van der Waals surface area contributed by atoms with Gasteiger partial charge in [-0.3, -0.25) is 9.48 Å². The molecule has 0 aliphatic carbocycles. The molecule has 1 aliphatic heterocycles. The average molecular weight is 297 g/mol. The molecule has 1 aliphatic rings. The number of nitrogens with zero attached hydrogens (tertiary/aromatic N) is 3. The van der Waals surface area contributed by atoms with Gasteiger partial charge in [0, 0.05) is 13.6 Å². The van der Waals surface area contributed by atoms with E-state index in [1.807, 2.05) is 13.8 Å². The number of carbonyl (C=O) groups excluding carboxylic acids is 1. The van der Waals surface area contributed by atoms with Crippen LogP contribution in [-0.2, 0) is 21.4 Å². The van der Waals surface area contributed by atoms with Gasteiger partial charge in [-0.15, -0.1) is 0 Å². The standard InChI is InChI=1S/C13H19N3O5/c1-8-12(9(2)15(3)14-8)21-7-11(17)16-4-5-20-10(6-16)13(18)19/h10H,4-7H2,1-3H3,(H,18,19). The first-order valence-electron chi connectivity index (χ1n) is 6.65. The van der Waals surface area contributed by atoms with E-state index in [1.165, 1.54) is 4.90 Å². The number of aryl methyl sites for hydroxylation is 2. The van der Waals surface area contributed by atoms with Gasteiger partial charge in [-0.1, -0.05) is 0 Å². The maximum atomic E-state index is 12.1. The Kier molecular flexibility index (Phi) is 4.46. The summed E-state index contributed by atoms with van der Waals surface area (Å²) in [4.78, 5) is 24.4. The zero-order valence-electron chi connectivity index (χ0n) is 12.3. The lowest BCUT2D eigenvalue weighted by atomic mass is 10.2. The van der Waals surface area contributed by atoms with Gasteiger partial charge >= 0.3 is 5.97 Å². The summed E-state index contributed by atoms with van der Waals surface area (Å²) in [7, 11) is 1.80. The van der Waals surface area contributed by atoms with Gasteiger partial charge in [-0.05, 0) is 13.8 Å². The van der Waals surface area contributed by atoms with Crippen LogP contribution in [0, 0.1) is 13.8 Å². The second-order valence-electron chi connectivity index (χ2n) is 4.95. The normalized spacial score (nSPS) is 18.6. The summed E-state index contributed by atoms with van der Waals surface area (Å²) in [5.41, 5.74) is 1.55. The molecule has 1 unspecified atom stereocenters. The number of carboxylic acid groups (broad SMARTS) is 1. The molecular formula is C13H19N3O5. The van der Waals surface area contributed by atoms with E-state index in [9.17, 15) is 9.59 Å². The molecule has 2 rings (SSSR count). The summed E-state index contributed by atoms with van der Waals surface area (Å²) >= 11 is 0. The third kappa shape index (κ3) is 3.33. The van der Waals surface area contributed by atoms with Crippen molar-refractivity contribution in [3.05, 3.63) is 11.4 Å². The maximum Gasteiger partial charge on any atom is 0.334 e. The van der Waals surface area contributed by atoms with Gasteiger partial charge in [-0.2, -0.15) is 5.10 Å². The Bertz CT molecular complexity index is 554. The van der Waals surface area contributed by atoms with Crippen LogP contribution in [0.1, 0.15) is 11.4 Å². The molecule has 0 spiro atoms. The van der Waals surface area contributed by atoms with Gasteiger partial charge in [0.2, 0.25) is 0 Å². The van der Waals surface area contributed by atoms with Crippen LogP contribution in [0.2, 0.25) is 0 Å². The Morgan fingerprint density at radius 1 is 1.48 bits per heavy atom. The second-order valence-corrected chi connectivity index (χ2v) is 4.95. The van der Waals surface area contributed by atoms with E-state index < -0.39 is 12.1 Å². The Morgan fingerprint density at radius 2 is 2.19 bits per heavy atom. The highest BCUT2D eigenvalue weighted by Gasteiger charge is 2.29. The molecule has 116 valence electrons. The van der Waals surface area contributed by atoms with Crippen LogP contribution in [0.5, 0.6) is 5.75 Å². The van der Waals surface area contributed by atoms with Crippen LogP contribution >= 0.6 is 0 Å². The lowest BCUT2D eigenvalue weighted by Crippen LogP contribution is -2.49. The van der Waals surface area contributed by atoms with E-state index in [4.69, 9.17) is 14.6 Å². The molecule has 1 atom stereocenters. The van der Waals surface area contributed by atoms with Gasteiger partial charge in [-0.25, -0.2) is 4.79 Å². The monoisotopic (exact) mass is 297 g/mol. The third-order valence-electron chi connectivity index (χ3n) is 3.48. The van der Waals surface area contributed by atoms with E-state index in [1.54, 1.807) is 11.7 Å². The quantitative estimate of drug-likeness (QED) is 0.822. The molecule has 21 heavy (non-hydrogen) atoms. The van der Waals surface area contributed by atoms with Crippen LogP contribution in [0.25, 0.3) is 0 Å². The molecule has 1 aromatic heterocycles. The summed E-state index contributed by atoms with van der Waals surface area (Å²) in [5, 5.41) is 13.1. The Hall–Kier alpha value is -2.09. The Balaban J connectivity index is 1.94. The maximum absolute atomic E-state index is 12.1. The molecule has 8 nitrogen and oxygen atoms in total. The van der Waals surface area contributed by atoms with E-state index in [-0.39, 0.29) is 25.7 Å². The lowest BCUT2D eigenvalue weighted by molar-refractivity contribution is -0.159. The molecule has 1 saturated heterocycles. The van der Waals surface area contributed by atoms with Crippen molar-refractivity contribution in [2.75, 3.05) is 26.3 Å². The van der Waals surface area contributed by atoms with Gasteiger partial charge < -0.3 is 19.5 Å². The molecule has 2 heterocycles. The SMILES string of the molecule is Cc1nn(C)c(C)c1OCC(=O)N1CCOC(C(=O)O)C1. The number of morpholine rings is 1. The number of hydrogen-bond donors (Lipinski definition) is 1. The van der Waals surface area contributed by atoms with Crippen LogP contribution < -0.4 is 4.74 Å².